The highest BCUT2D eigenvalue weighted by molar-refractivity contribution is 6.30. The second kappa shape index (κ2) is 7.31. The number of alkyl carbamates (subject to hydrolysis) is 1. The van der Waals surface area contributed by atoms with Gasteiger partial charge in [0.1, 0.15) is 11.6 Å². The van der Waals surface area contributed by atoms with Crippen molar-refractivity contribution in [3.05, 3.63) is 23.0 Å². The Morgan fingerprint density at radius 2 is 2.05 bits per heavy atom. The van der Waals surface area contributed by atoms with Gasteiger partial charge in [-0.25, -0.2) is 14.6 Å². The number of esters is 1. The summed E-state index contributed by atoms with van der Waals surface area (Å²) in [5, 5.41) is 11.7. The molecule has 1 atom stereocenters. The average molecular weight is 331 g/mol. The van der Waals surface area contributed by atoms with Gasteiger partial charge >= 0.3 is 12.1 Å². The van der Waals surface area contributed by atoms with E-state index >= 15 is 0 Å². The Hall–Kier alpha value is -2.02. The lowest BCUT2D eigenvalue weighted by Crippen LogP contribution is -2.45. The number of hydrogen-bond donors (Lipinski definition) is 2. The normalized spacial score (nSPS) is 12.4. The maximum absolute atomic E-state index is 11.8. The van der Waals surface area contributed by atoms with E-state index < -0.39 is 23.7 Å². The number of halogens is 1. The molecular formula is C14H19ClN2O5. The molecule has 0 spiro atoms. The van der Waals surface area contributed by atoms with E-state index in [9.17, 15) is 14.7 Å². The fourth-order valence-electron chi connectivity index (χ4n) is 1.57. The predicted molar refractivity (Wildman–Crippen MR) is 79.8 cm³/mol. The zero-order valence-corrected chi connectivity index (χ0v) is 13.6. The topological polar surface area (TPSA) is 97.8 Å². The van der Waals surface area contributed by atoms with E-state index in [0.717, 1.165) is 0 Å². The van der Waals surface area contributed by atoms with Crippen LogP contribution >= 0.6 is 11.6 Å². The van der Waals surface area contributed by atoms with E-state index in [1.165, 1.54) is 19.2 Å². The van der Waals surface area contributed by atoms with E-state index in [2.05, 4.69) is 15.0 Å². The number of pyridine rings is 1. The summed E-state index contributed by atoms with van der Waals surface area (Å²) in [5.74, 6) is -0.808. The van der Waals surface area contributed by atoms with Gasteiger partial charge in [-0.05, 0) is 32.9 Å². The number of carbonyl (C=O) groups excluding carboxylic acids is 2. The minimum atomic E-state index is -0.979. The first kappa shape index (κ1) is 18.0. The highest BCUT2D eigenvalue weighted by atomic mass is 35.5. The number of methoxy groups -OCH3 is 1. The molecule has 1 rings (SSSR count). The van der Waals surface area contributed by atoms with Gasteiger partial charge in [-0.1, -0.05) is 11.6 Å². The standard InChI is InChI=1S/C14H19ClN2O5/c1-14(2,3)22-13(20)17-9(12(19)21-4)7-8-5-6-10(18)11(15)16-8/h5-6,9,18H,7H2,1-4H3,(H,17,20)/t9-/m0/s1. The molecule has 0 aliphatic rings. The molecule has 2 N–H and O–H groups in total. The number of nitrogens with zero attached hydrogens (tertiary/aromatic N) is 1. The zero-order valence-electron chi connectivity index (χ0n) is 12.8. The van der Waals surface area contributed by atoms with Crippen molar-refractivity contribution in [1.82, 2.24) is 10.3 Å². The fourth-order valence-corrected chi connectivity index (χ4v) is 1.74. The van der Waals surface area contributed by atoms with Gasteiger partial charge in [0.2, 0.25) is 0 Å². The lowest BCUT2D eigenvalue weighted by Gasteiger charge is -2.22. The fraction of sp³-hybridized carbons (Fsp3) is 0.500. The molecule has 122 valence electrons. The Bertz CT molecular complexity index is 557. The SMILES string of the molecule is COC(=O)[C@H](Cc1ccc(O)c(Cl)n1)NC(=O)OC(C)(C)C. The predicted octanol–water partition coefficient (Wildman–Crippen LogP) is 2.05. The van der Waals surface area contributed by atoms with Crippen LogP contribution in [0.25, 0.3) is 0 Å². The lowest BCUT2D eigenvalue weighted by atomic mass is 10.1. The molecule has 0 radical (unpaired) electrons. The summed E-state index contributed by atoms with van der Waals surface area (Å²) in [6.45, 7) is 5.13. The number of nitrogens with one attached hydrogen (secondary N) is 1. The number of aromatic hydroxyl groups is 1. The summed E-state index contributed by atoms with van der Waals surface area (Å²) in [6.07, 6.45) is -0.695. The third kappa shape index (κ3) is 5.77. The number of amides is 1. The molecule has 0 aliphatic heterocycles. The second-order valence-electron chi connectivity index (χ2n) is 5.54. The van der Waals surface area contributed by atoms with Crippen molar-refractivity contribution < 1.29 is 24.2 Å². The zero-order chi connectivity index (χ0) is 16.9. The minimum absolute atomic E-state index is 0.0475. The molecule has 1 aromatic heterocycles. The highest BCUT2D eigenvalue weighted by Gasteiger charge is 2.25. The summed E-state index contributed by atoms with van der Waals surface area (Å²) < 4.78 is 9.75. The Labute approximate surface area is 133 Å². The number of hydrogen-bond acceptors (Lipinski definition) is 6. The summed E-state index contributed by atoms with van der Waals surface area (Å²) >= 11 is 5.71. The van der Waals surface area contributed by atoms with Gasteiger partial charge in [0.25, 0.3) is 0 Å². The van der Waals surface area contributed by atoms with Gasteiger partial charge < -0.3 is 19.9 Å². The minimum Gasteiger partial charge on any atom is -0.505 e. The third-order valence-corrected chi connectivity index (χ3v) is 2.75. The van der Waals surface area contributed by atoms with E-state index in [0.29, 0.717) is 5.69 Å². The van der Waals surface area contributed by atoms with Gasteiger partial charge in [0.15, 0.2) is 10.9 Å². The summed E-state index contributed by atoms with van der Waals surface area (Å²) in [5.41, 5.74) is -0.278. The van der Waals surface area contributed by atoms with Gasteiger partial charge in [-0.3, -0.25) is 0 Å². The molecule has 0 bridgehead atoms. The van der Waals surface area contributed by atoms with Crippen LogP contribution in [0.4, 0.5) is 4.79 Å². The summed E-state index contributed by atoms with van der Waals surface area (Å²) in [6, 6.07) is 1.87. The first-order chi connectivity index (χ1) is 10.1. The first-order valence-electron chi connectivity index (χ1n) is 6.54. The molecule has 0 saturated heterocycles. The Morgan fingerprint density at radius 1 is 1.41 bits per heavy atom. The largest absolute Gasteiger partial charge is 0.505 e. The number of aromatic nitrogens is 1. The van der Waals surface area contributed by atoms with Crippen LogP contribution in [-0.2, 0) is 20.7 Å². The van der Waals surface area contributed by atoms with Crippen molar-refractivity contribution in [3.63, 3.8) is 0 Å². The second-order valence-corrected chi connectivity index (χ2v) is 5.90. The van der Waals surface area contributed by atoms with Crippen LogP contribution in [0.5, 0.6) is 5.75 Å². The highest BCUT2D eigenvalue weighted by Crippen LogP contribution is 2.20. The third-order valence-electron chi connectivity index (χ3n) is 2.48. The number of rotatable bonds is 4. The molecule has 0 unspecified atom stereocenters. The molecule has 0 saturated carbocycles. The van der Waals surface area contributed by atoms with Crippen LogP contribution in [0.1, 0.15) is 26.5 Å². The maximum atomic E-state index is 11.8. The van der Waals surface area contributed by atoms with Crippen molar-refractivity contribution in [2.45, 2.75) is 38.8 Å². The number of ether oxygens (including phenoxy) is 2. The monoisotopic (exact) mass is 330 g/mol. The Balaban J connectivity index is 2.82. The van der Waals surface area contributed by atoms with Crippen molar-refractivity contribution in [1.29, 1.82) is 0 Å². The van der Waals surface area contributed by atoms with E-state index in [-0.39, 0.29) is 17.3 Å². The van der Waals surface area contributed by atoms with E-state index in [4.69, 9.17) is 16.3 Å². The molecular weight excluding hydrogens is 312 g/mol. The van der Waals surface area contributed by atoms with Crippen LogP contribution in [0.15, 0.2) is 12.1 Å². The Morgan fingerprint density at radius 3 is 2.55 bits per heavy atom. The molecule has 8 heteroatoms. The average Bonchev–Trinajstić information content (AvgIpc) is 2.39. The molecule has 0 aliphatic carbocycles. The molecule has 1 heterocycles. The summed E-state index contributed by atoms with van der Waals surface area (Å²) in [4.78, 5) is 27.5. The van der Waals surface area contributed by atoms with Gasteiger partial charge in [0.05, 0.1) is 7.11 Å². The molecule has 1 amide bonds. The van der Waals surface area contributed by atoms with Gasteiger partial charge in [-0.15, -0.1) is 0 Å². The lowest BCUT2D eigenvalue weighted by molar-refractivity contribution is -0.143. The summed E-state index contributed by atoms with van der Waals surface area (Å²) in [7, 11) is 1.21. The van der Waals surface area contributed by atoms with Crippen LogP contribution in [0.2, 0.25) is 5.15 Å². The van der Waals surface area contributed by atoms with Crippen LogP contribution in [-0.4, -0.2) is 40.9 Å². The number of carbonyl (C=O) groups is 2. The van der Waals surface area contributed by atoms with Crippen molar-refractivity contribution >= 4 is 23.7 Å². The van der Waals surface area contributed by atoms with Gasteiger partial charge in [0, 0.05) is 12.1 Å². The molecule has 1 aromatic rings. The Kier molecular flexibility index (Phi) is 5.99. The van der Waals surface area contributed by atoms with E-state index in [1.54, 1.807) is 20.8 Å². The van der Waals surface area contributed by atoms with Crippen molar-refractivity contribution in [3.8, 4) is 5.75 Å². The molecule has 7 nitrogen and oxygen atoms in total. The van der Waals surface area contributed by atoms with Crippen LogP contribution in [0.3, 0.4) is 0 Å². The van der Waals surface area contributed by atoms with Gasteiger partial charge in [-0.2, -0.15) is 0 Å². The van der Waals surface area contributed by atoms with Crippen LogP contribution < -0.4 is 5.32 Å². The molecule has 22 heavy (non-hydrogen) atoms. The first-order valence-corrected chi connectivity index (χ1v) is 6.92. The van der Waals surface area contributed by atoms with Crippen molar-refractivity contribution in [2.24, 2.45) is 0 Å². The van der Waals surface area contributed by atoms with E-state index in [1.807, 2.05) is 0 Å². The van der Waals surface area contributed by atoms with Crippen LogP contribution in [0, 0.1) is 0 Å². The van der Waals surface area contributed by atoms with Crippen molar-refractivity contribution in [2.75, 3.05) is 7.11 Å². The smallest absolute Gasteiger partial charge is 0.408 e. The quantitative estimate of drug-likeness (QED) is 0.647. The molecule has 0 fully saturated rings. The molecule has 0 aromatic carbocycles. The maximum Gasteiger partial charge on any atom is 0.408 e.